The second-order valence-electron chi connectivity index (χ2n) is 4.68. The van der Waals surface area contributed by atoms with Crippen LogP contribution in [-0.2, 0) is 4.79 Å². The fourth-order valence-corrected chi connectivity index (χ4v) is 2.13. The van der Waals surface area contributed by atoms with Gasteiger partial charge >= 0.3 is 0 Å². The molecule has 0 N–H and O–H groups in total. The van der Waals surface area contributed by atoms with Crippen LogP contribution in [0.4, 0.5) is 0 Å². The lowest BCUT2D eigenvalue weighted by Crippen LogP contribution is -2.26. The van der Waals surface area contributed by atoms with Gasteiger partial charge in [0, 0.05) is 5.92 Å². The van der Waals surface area contributed by atoms with Crippen molar-refractivity contribution in [2.75, 3.05) is 0 Å². The van der Waals surface area contributed by atoms with E-state index in [9.17, 15) is 4.79 Å². The highest BCUT2D eigenvalue weighted by Crippen LogP contribution is 2.36. The van der Waals surface area contributed by atoms with Crippen LogP contribution in [0.5, 0.6) is 0 Å². The second-order valence-corrected chi connectivity index (χ2v) is 4.68. The number of hydrogen-bond donors (Lipinski definition) is 0. The summed E-state index contributed by atoms with van der Waals surface area (Å²) in [5, 5.41) is 0. The summed E-state index contributed by atoms with van der Waals surface area (Å²) in [5.74, 6) is 0.304. The monoisotopic (exact) mass is 168 g/mol. The van der Waals surface area contributed by atoms with Gasteiger partial charge in [-0.25, -0.2) is 0 Å². The number of hydrogen-bond acceptors (Lipinski definition) is 1. The van der Waals surface area contributed by atoms with Crippen molar-refractivity contribution in [3.8, 4) is 0 Å². The van der Waals surface area contributed by atoms with Crippen LogP contribution in [0.2, 0.25) is 0 Å². The van der Waals surface area contributed by atoms with E-state index in [0.717, 1.165) is 6.42 Å². The molecule has 0 aromatic carbocycles. The molecule has 1 aliphatic carbocycles. The average molecular weight is 168 g/mol. The Balaban J connectivity index is 2.58. The Morgan fingerprint density at radius 2 is 1.83 bits per heavy atom. The summed E-state index contributed by atoms with van der Waals surface area (Å²) in [6.45, 7) is 4.47. The van der Waals surface area contributed by atoms with Crippen LogP contribution < -0.4 is 0 Å². The van der Waals surface area contributed by atoms with Gasteiger partial charge in [0.15, 0.2) is 0 Å². The molecule has 70 valence electrons. The molecule has 0 saturated heterocycles. The van der Waals surface area contributed by atoms with Crippen LogP contribution in [0.3, 0.4) is 0 Å². The normalized spacial score (nSPS) is 30.3. The zero-order valence-electron chi connectivity index (χ0n) is 8.31. The van der Waals surface area contributed by atoms with Crippen LogP contribution >= 0.6 is 0 Å². The first-order valence-electron chi connectivity index (χ1n) is 5.12. The maximum absolute atomic E-state index is 10.8. The Kier molecular flexibility index (Phi) is 3.30. The summed E-state index contributed by atoms with van der Waals surface area (Å²) in [6, 6.07) is 0. The highest BCUT2D eigenvalue weighted by atomic mass is 16.1. The molecule has 0 aliphatic heterocycles. The maximum Gasteiger partial charge on any atom is 0.123 e. The van der Waals surface area contributed by atoms with Crippen molar-refractivity contribution in [2.45, 2.75) is 52.4 Å². The summed E-state index contributed by atoms with van der Waals surface area (Å²) in [5.41, 5.74) is 0.252. The van der Waals surface area contributed by atoms with Crippen molar-refractivity contribution in [1.82, 2.24) is 0 Å². The largest absolute Gasteiger partial charge is 0.303 e. The molecule has 0 aromatic rings. The Hall–Kier alpha value is -0.330. The SMILES string of the molecule is CC1(C)CCCCCCC1C=O. The third kappa shape index (κ3) is 2.33. The molecular formula is C11H20O. The number of aldehydes is 1. The van der Waals surface area contributed by atoms with Gasteiger partial charge in [-0.1, -0.05) is 39.5 Å². The van der Waals surface area contributed by atoms with E-state index >= 15 is 0 Å². The molecule has 0 radical (unpaired) electrons. The molecule has 0 amide bonds. The smallest absolute Gasteiger partial charge is 0.123 e. The van der Waals surface area contributed by atoms with Gasteiger partial charge in [-0.15, -0.1) is 0 Å². The van der Waals surface area contributed by atoms with Crippen molar-refractivity contribution in [3.63, 3.8) is 0 Å². The first-order chi connectivity index (χ1) is 5.67. The van der Waals surface area contributed by atoms with Gasteiger partial charge in [-0.2, -0.15) is 0 Å². The van der Waals surface area contributed by atoms with E-state index in [-0.39, 0.29) is 5.41 Å². The fourth-order valence-electron chi connectivity index (χ4n) is 2.13. The highest BCUT2D eigenvalue weighted by molar-refractivity contribution is 5.54. The van der Waals surface area contributed by atoms with E-state index in [1.54, 1.807) is 0 Å². The highest BCUT2D eigenvalue weighted by Gasteiger charge is 2.29. The summed E-state index contributed by atoms with van der Waals surface area (Å²) >= 11 is 0. The molecule has 1 fully saturated rings. The van der Waals surface area contributed by atoms with Crippen LogP contribution in [0, 0.1) is 11.3 Å². The molecule has 1 saturated carbocycles. The summed E-state index contributed by atoms with van der Waals surface area (Å²) < 4.78 is 0. The number of rotatable bonds is 1. The van der Waals surface area contributed by atoms with Gasteiger partial charge in [0.1, 0.15) is 6.29 Å². The third-order valence-corrected chi connectivity index (χ3v) is 3.25. The van der Waals surface area contributed by atoms with E-state index < -0.39 is 0 Å². The Bertz CT molecular complexity index is 149. The Morgan fingerprint density at radius 3 is 2.50 bits per heavy atom. The molecule has 12 heavy (non-hydrogen) atoms. The van der Waals surface area contributed by atoms with Crippen molar-refractivity contribution in [3.05, 3.63) is 0 Å². The zero-order chi connectivity index (χ0) is 9.03. The van der Waals surface area contributed by atoms with Gasteiger partial charge in [0.05, 0.1) is 0 Å². The van der Waals surface area contributed by atoms with Gasteiger partial charge < -0.3 is 4.79 Å². The summed E-state index contributed by atoms with van der Waals surface area (Å²) in [7, 11) is 0. The predicted molar refractivity (Wildman–Crippen MR) is 51.0 cm³/mol. The molecule has 0 aromatic heterocycles. The standard InChI is InChI=1S/C11H20O/c1-11(2)8-6-4-3-5-7-10(11)9-12/h9-10H,3-8H2,1-2H3. The summed E-state index contributed by atoms with van der Waals surface area (Å²) in [4.78, 5) is 10.8. The van der Waals surface area contributed by atoms with Crippen LogP contribution in [0.15, 0.2) is 0 Å². The minimum Gasteiger partial charge on any atom is -0.303 e. The molecule has 1 rings (SSSR count). The molecule has 1 nitrogen and oxygen atoms in total. The average Bonchev–Trinajstić information content (AvgIpc) is 1.99. The molecule has 0 spiro atoms. The molecule has 0 heterocycles. The lowest BCUT2D eigenvalue weighted by Gasteiger charge is -2.32. The van der Waals surface area contributed by atoms with E-state index in [4.69, 9.17) is 0 Å². The minimum atomic E-state index is 0.252. The van der Waals surface area contributed by atoms with Crippen molar-refractivity contribution in [1.29, 1.82) is 0 Å². The molecule has 1 unspecified atom stereocenters. The van der Waals surface area contributed by atoms with Crippen molar-refractivity contribution < 1.29 is 4.79 Å². The number of carbonyl (C=O) groups is 1. The zero-order valence-corrected chi connectivity index (χ0v) is 8.31. The first kappa shape index (κ1) is 9.76. The second kappa shape index (κ2) is 4.06. The Morgan fingerprint density at radius 1 is 1.17 bits per heavy atom. The van der Waals surface area contributed by atoms with Crippen LogP contribution in [-0.4, -0.2) is 6.29 Å². The van der Waals surface area contributed by atoms with Crippen LogP contribution in [0.1, 0.15) is 52.4 Å². The van der Waals surface area contributed by atoms with E-state index in [1.165, 1.54) is 38.4 Å². The molecule has 0 bridgehead atoms. The first-order valence-corrected chi connectivity index (χ1v) is 5.12. The van der Waals surface area contributed by atoms with Gasteiger partial charge in [0.25, 0.3) is 0 Å². The predicted octanol–water partition coefficient (Wildman–Crippen LogP) is 3.18. The summed E-state index contributed by atoms with van der Waals surface area (Å²) in [6.07, 6.45) is 8.72. The van der Waals surface area contributed by atoms with Gasteiger partial charge in [-0.3, -0.25) is 0 Å². The number of carbonyl (C=O) groups excluding carboxylic acids is 1. The maximum atomic E-state index is 10.8. The van der Waals surface area contributed by atoms with Crippen molar-refractivity contribution >= 4 is 6.29 Å². The van der Waals surface area contributed by atoms with Crippen molar-refractivity contribution in [2.24, 2.45) is 11.3 Å². The van der Waals surface area contributed by atoms with Gasteiger partial charge in [0.2, 0.25) is 0 Å². The third-order valence-electron chi connectivity index (χ3n) is 3.25. The van der Waals surface area contributed by atoms with Gasteiger partial charge in [-0.05, 0) is 18.3 Å². The van der Waals surface area contributed by atoms with E-state index in [1.807, 2.05) is 0 Å². The topological polar surface area (TPSA) is 17.1 Å². The van der Waals surface area contributed by atoms with Crippen LogP contribution in [0.25, 0.3) is 0 Å². The molecule has 1 aliphatic rings. The lowest BCUT2D eigenvalue weighted by atomic mass is 9.72. The molecule has 1 atom stereocenters. The Labute approximate surface area is 75.5 Å². The fraction of sp³-hybridized carbons (Fsp3) is 0.909. The van der Waals surface area contributed by atoms with E-state index in [0.29, 0.717) is 5.92 Å². The molecule has 1 heteroatoms. The lowest BCUT2D eigenvalue weighted by molar-refractivity contribution is -0.114. The molecular weight excluding hydrogens is 148 g/mol. The van der Waals surface area contributed by atoms with E-state index in [2.05, 4.69) is 13.8 Å². The minimum absolute atomic E-state index is 0.252. The quantitative estimate of drug-likeness (QED) is 0.549.